The molecule has 0 saturated carbocycles. The predicted molar refractivity (Wildman–Crippen MR) is 123 cm³/mol. The van der Waals surface area contributed by atoms with Gasteiger partial charge in [-0.15, -0.1) is 0 Å². The van der Waals surface area contributed by atoms with E-state index in [0.29, 0.717) is 21.8 Å². The Balaban J connectivity index is 1.68. The lowest BCUT2D eigenvalue weighted by Crippen LogP contribution is -2.31. The molecule has 4 rings (SSSR count). The van der Waals surface area contributed by atoms with Gasteiger partial charge in [0.2, 0.25) is 0 Å². The molecule has 1 fully saturated rings. The van der Waals surface area contributed by atoms with Crippen molar-refractivity contribution >= 4 is 40.5 Å². The minimum absolute atomic E-state index is 0.117. The highest BCUT2D eigenvalue weighted by molar-refractivity contribution is 7.80. The Morgan fingerprint density at radius 3 is 2.77 bits per heavy atom. The average Bonchev–Trinajstić information content (AvgIpc) is 3.36. The lowest BCUT2D eigenvalue weighted by molar-refractivity contribution is 0.177. The Morgan fingerprint density at radius 2 is 2.03 bits per heavy atom. The second kappa shape index (κ2) is 9.35. The first-order valence-corrected chi connectivity index (χ1v) is 10.8. The summed E-state index contributed by atoms with van der Waals surface area (Å²) in [6.45, 7) is 1.41. The summed E-state index contributed by atoms with van der Waals surface area (Å²) in [5.41, 5.74) is 1.77. The number of rotatable bonds is 7. The summed E-state index contributed by atoms with van der Waals surface area (Å²) < 4.78 is 11.5. The molecule has 1 saturated heterocycles. The minimum atomic E-state index is -0.124. The van der Waals surface area contributed by atoms with Crippen LogP contribution in [0.25, 0.3) is 11.3 Å². The van der Waals surface area contributed by atoms with E-state index in [4.69, 9.17) is 44.6 Å². The fourth-order valence-corrected chi connectivity index (χ4v) is 4.28. The Hall–Kier alpha value is -2.12. The first-order valence-electron chi connectivity index (χ1n) is 9.60. The Bertz CT molecular complexity index is 1030. The number of benzene rings is 1. The van der Waals surface area contributed by atoms with E-state index in [1.807, 2.05) is 36.4 Å². The van der Waals surface area contributed by atoms with E-state index in [9.17, 15) is 0 Å². The van der Waals surface area contributed by atoms with Crippen LogP contribution in [-0.2, 0) is 4.74 Å². The van der Waals surface area contributed by atoms with Crippen LogP contribution in [0.1, 0.15) is 30.0 Å². The zero-order valence-corrected chi connectivity index (χ0v) is 18.7. The minimum Gasteiger partial charge on any atom is -0.459 e. The van der Waals surface area contributed by atoms with Gasteiger partial charge in [-0.3, -0.25) is 4.98 Å². The number of hydrogen-bond donors (Lipinski definition) is 1. The van der Waals surface area contributed by atoms with Crippen LogP contribution in [0, 0.1) is 0 Å². The SMILES string of the molecule is COCCCN1C(=S)N[C@@H](c2ccccn2)[C@H]1c1ccc(-c2ccc(Cl)c(Cl)c2)o1. The van der Waals surface area contributed by atoms with Crippen molar-refractivity contribution in [1.29, 1.82) is 0 Å². The van der Waals surface area contributed by atoms with E-state index in [1.54, 1.807) is 25.4 Å². The van der Waals surface area contributed by atoms with Crippen molar-refractivity contribution in [2.75, 3.05) is 20.3 Å². The third kappa shape index (κ3) is 4.32. The fourth-order valence-electron chi connectivity index (χ4n) is 3.65. The molecule has 0 aliphatic carbocycles. The van der Waals surface area contributed by atoms with E-state index < -0.39 is 0 Å². The van der Waals surface area contributed by atoms with Gasteiger partial charge in [-0.1, -0.05) is 29.3 Å². The first kappa shape index (κ1) is 21.1. The quantitative estimate of drug-likeness (QED) is 0.361. The van der Waals surface area contributed by atoms with Gasteiger partial charge in [0.05, 0.1) is 21.8 Å². The van der Waals surface area contributed by atoms with Crippen molar-refractivity contribution < 1.29 is 9.15 Å². The molecule has 0 unspecified atom stereocenters. The average molecular weight is 462 g/mol. The molecular formula is C22H21Cl2N3O2S. The molecular weight excluding hydrogens is 441 g/mol. The number of ether oxygens (including phenoxy) is 1. The van der Waals surface area contributed by atoms with E-state index in [2.05, 4.69) is 15.2 Å². The van der Waals surface area contributed by atoms with E-state index >= 15 is 0 Å². The number of nitrogens with zero attached hydrogens (tertiary/aromatic N) is 2. The van der Waals surface area contributed by atoms with Crippen LogP contribution < -0.4 is 5.32 Å². The molecule has 1 aliphatic heterocycles. The van der Waals surface area contributed by atoms with Crippen LogP contribution in [0.5, 0.6) is 0 Å². The number of pyridine rings is 1. The summed E-state index contributed by atoms with van der Waals surface area (Å²) in [7, 11) is 1.70. The number of furan rings is 1. The normalized spacial score (nSPS) is 18.6. The summed E-state index contributed by atoms with van der Waals surface area (Å²) in [5.74, 6) is 1.52. The molecule has 0 amide bonds. The molecule has 156 valence electrons. The lowest BCUT2D eigenvalue weighted by atomic mass is 10.0. The Labute approximate surface area is 190 Å². The highest BCUT2D eigenvalue weighted by atomic mass is 35.5. The van der Waals surface area contributed by atoms with Gasteiger partial charge in [0.25, 0.3) is 0 Å². The molecule has 3 aromatic rings. The van der Waals surface area contributed by atoms with Gasteiger partial charge in [-0.25, -0.2) is 0 Å². The summed E-state index contributed by atoms with van der Waals surface area (Å²) >= 11 is 17.9. The molecule has 8 heteroatoms. The molecule has 2 aromatic heterocycles. The fraction of sp³-hybridized carbons (Fsp3) is 0.273. The maximum Gasteiger partial charge on any atom is 0.170 e. The molecule has 0 radical (unpaired) electrons. The van der Waals surface area contributed by atoms with Gasteiger partial charge < -0.3 is 19.4 Å². The van der Waals surface area contributed by atoms with Crippen molar-refractivity contribution in [3.63, 3.8) is 0 Å². The van der Waals surface area contributed by atoms with Gasteiger partial charge in [-0.05, 0) is 61.1 Å². The van der Waals surface area contributed by atoms with Crippen LogP contribution in [0.3, 0.4) is 0 Å². The lowest BCUT2D eigenvalue weighted by Gasteiger charge is -2.26. The third-order valence-corrected chi connectivity index (χ3v) is 6.16. The van der Waals surface area contributed by atoms with Gasteiger partial charge in [0.15, 0.2) is 5.11 Å². The summed E-state index contributed by atoms with van der Waals surface area (Å²) in [4.78, 5) is 6.68. The van der Waals surface area contributed by atoms with Crippen LogP contribution >= 0.6 is 35.4 Å². The Kier molecular flexibility index (Phi) is 6.58. The smallest absolute Gasteiger partial charge is 0.170 e. The molecule has 0 bridgehead atoms. The number of methoxy groups -OCH3 is 1. The molecule has 5 nitrogen and oxygen atoms in total. The zero-order valence-electron chi connectivity index (χ0n) is 16.3. The van der Waals surface area contributed by atoms with Crippen LogP contribution in [-0.4, -0.2) is 35.3 Å². The Morgan fingerprint density at radius 1 is 1.17 bits per heavy atom. The van der Waals surface area contributed by atoms with Gasteiger partial charge in [0.1, 0.15) is 17.6 Å². The second-order valence-corrected chi connectivity index (χ2v) is 8.20. The van der Waals surface area contributed by atoms with Crippen LogP contribution in [0.4, 0.5) is 0 Å². The zero-order chi connectivity index (χ0) is 21.1. The molecule has 2 atom stereocenters. The van der Waals surface area contributed by atoms with Gasteiger partial charge >= 0.3 is 0 Å². The van der Waals surface area contributed by atoms with E-state index in [1.165, 1.54) is 0 Å². The van der Waals surface area contributed by atoms with Crippen molar-refractivity contribution in [2.45, 2.75) is 18.5 Å². The summed E-state index contributed by atoms with van der Waals surface area (Å²) in [5, 5.41) is 5.10. The molecule has 3 heterocycles. The molecule has 1 aliphatic rings. The highest BCUT2D eigenvalue weighted by Gasteiger charge is 2.41. The second-order valence-electron chi connectivity index (χ2n) is 7.00. The number of thiocarbonyl (C=S) groups is 1. The highest BCUT2D eigenvalue weighted by Crippen LogP contribution is 2.40. The molecule has 1 N–H and O–H groups in total. The molecule has 1 aromatic carbocycles. The molecule has 0 spiro atoms. The maximum absolute atomic E-state index is 6.28. The van der Waals surface area contributed by atoms with Crippen molar-refractivity contribution in [2.24, 2.45) is 0 Å². The van der Waals surface area contributed by atoms with Crippen molar-refractivity contribution in [3.8, 4) is 11.3 Å². The third-order valence-electron chi connectivity index (χ3n) is 5.07. The van der Waals surface area contributed by atoms with Crippen molar-refractivity contribution in [1.82, 2.24) is 15.2 Å². The standard InChI is InChI=1S/C22H21Cl2N3O2S/c1-28-12-4-11-27-21(20(26-22(27)30)17-5-2-3-10-25-17)19-9-8-18(29-19)14-6-7-15(23)16(24)13-14/h2-3,5-10,13,20-21H,4,11-12H2,1H3,(H,26,30)/t20-,21+/m0/s1. The maximum atomic E-state index is 6.28. The number of aromatic nitrogens is 1. The van der Waals surface area contributed by atoms with Crippen LogP contribution in [0.15, 0.2) is 59.1 Å². The van der Waals surface area contributed by atoms with Crippen LogP contribution in [0.2, 0.25) is 10.0 Å². The van der Waals surface area contributed by atoms with Gasteiger partial charge in [-0.2, -0.15) is 0 Å². The number of halogens is 2. The summed E-state index contributed by atoms with van der Waals surface area (Å²) in [6.07, 6.45) is 2.64. The molecule has 30 heavy (non-hydrogen) atoms. The summed E-state index contributed by atoms with van der Waals surface area (Å²) in [6, 6.07) is 15.0. The number of nitrogens with one attached hydrogen (secondary N) is 1. The topological polar surface area (TPSA) is 50.5 Å². The monoisotopic (exact) mass is 461 g/mol. The number of hydrogen-bond acceptors (Lipinski definition) is 4. The van der Waals surface area contributed by atoms with Gasteiger partial charge in [0, 0.05) is 32.0 Å². The van der Waals surface area contributed by atoms with E-state index in [-0.39, 0.29) is 12.1 Å². The predicted octanol–water partition coefficient (Wildman–Crippen LogP) is 5.66. The first-order chi connectivity index (χ1) is 14.6. The van der Waals surface area contributed by atoms with Crippen molar-refractivity contribution in [3.05, 3.63) is 76.2 Å². The largest absolute Gasteiger partial charge is 0.459 e. The van der Waals surface area contributed by atoms with E-state index in [0.717, 1.165) is 35.7 Å².